The number of hydrogen-bond donors (Lipinski definition) is 2. The Morgan fingerprint density at radius 3 is 2.67 bits per heavy atom. The third-order valence-corrected chi connectivity index (χ3v) is 2.71. The lowest BCUT2D eigenvalue weighted by Gasteiger charge is -2.08. The predicted octanol–water partition coefficient (Wildman–Crippen LogP) is 2.44. The van der Waals surface area contributed by atoms with Crippen LogP contribution in [0.15, 0.2) is 36.8 Å². The van der Waals surface area contributed by atoms with Gasteiger partial charge in [-0.2, -0.15) is 0 Å². The van der Waals surface area contributed by atoms with Gasteiger partial charge in [0.15, 0.2) is 0 Å². The molecule has 0 fully saturated rings. The normalized spacial score (nSPS) is 10.1. The summed E-state index contributed by atoms with van der Waals surface area (Å²) in [4.78, 5) is 18.8. The van der Waals surface area contributed by atoms with Crippen molar-refractivity contribution >= 4 is 23.4 Å². The fourth-order valence-electron chi connectivity index (χ4n) is 1.42. The molecule has 0 aliphatic heterocycles. The van der Waals surface area contributed by atoms with Gasteiger partial charge in [-0.1, -0.05) is 11.6 Å². The molecule has 2 heterocycles. The monoisotopic (exact) mass is 263 g/mol. The van der Waals surface area contributed by atoms with Crippen LogP contribution in [0.5, 0.6) is 0 Å². The van der Waals surface area contributed by atoms with Gasteiger partial charge in [-0.05, 0) is 23.8 Å². The summed E-state index contributed by atoms with van der Waals surface area (Å²) in [6.45, 7) is 0.498. The topological polar surface area (TPSA) is 75.1 Å². The number of halogens is 1. The number of carboxylic acid groups (broad SMARTS) is 1. The molecular weight excluding hydrogens is 254 g/mol. The van der Waals surface area contributed by atoms with E-state index < -0.39 is 5.97 Å². The van der Waals surface area contributed by atoms with E-state index in [2.05, 4.69) is 15.3 Å². The summed E-state index contributed by atoms with van der Waals surface area (Å²) in [5, 5.41) is 12.0. The standard InChI is InChI=1S/C12H10ClN3O2/c13-10-9(12(17)18)3-6-15-11(10)16-7-8-1-4-14-5-2-8/h1-6H,7H2,(H,15,16)(H,17,18). The molecular formula is C12H10ClN3O2. The second-order valence-electron chi connectivity index (χ2n) is 3.54. The minimum absolute atomic E-state index is 0.0314. The molecule has 6 heteroatoms. The Morgan fingerprint density at radius 2 is 2.00 bits per heavy atom. The minimum atomic E-state index is -1.07. The highest BCUT2D eigenvalue weighted by atomic mass is 35.5. The van der Waals surface area contributed by atoms with Crippen molar-refractivity contribution in [3.63, 3.8) is 0 Å². The van der Waals surface area contributed by atoms with Gasteiger partial charge >= 0.3 is 5.97 Å². The van der Waals surface area contributed by atoms with E-state index in [4.69, 9.17) is 16.7 Å². The lowest BCUT2D eigenvalue weighted by atomic mass is 10.2. The van der Waals surface area contributed by atoms with E-state index in [-0.39, 0.29) is 10.6 Å². The van der Waals surface area contributed by atoms with E-state index in [1.807, 2.05) is 12.1 Å². The third-order valence-electron chi connectivity index (χ3n) is 2.33. The summed E-state index contributed by atoms with van der Waals surface area (Å²) in [6.07, 6.45) is 4.77. The van der Waals surface area contributed by atoms with E-state index >= 15 is 0 Å². The van der Waals surface area contributed by atoms with Crippen molar-refractivity contribution in [2.24, 2.45) is 0 Å². The zero-order chi connectivity index (χ0) is 13.0. The van der Waals surface area contributed by atoms with Gasteiger partial charge in [0.1, 0.15) is 5.82 Å². The van der Waals surface area contributed by atoms with Crippen LogP contribution in [0.3, 0.4) is 0 Å². The first-order chi connectivity index (χ1) is 8.68. The van der Waals surface area contributed by atoms with Crippen LogP contribution >= 0.6 is 11.6 Å². The van der Waals surface area contributed by atoms with E-state index in [0.717, 1.165) is 5.56 Å². The highest BCUT2D eigenvalue weighted by molar-refractivity contribution is 6.35. The maximum absolute atomic E-state index is 10.9. The van der Waals surface area contributed by atoms with Gasteiger partial charge in [0, 0.05) is 25.1 Å². The zero-order valence-corrected chi connectivity index (χ0v) is 10.1. The summed E-state index contributed by atoms with van der Waals surface area (Å²) in [7, 11) is 0. The Hall–Kier alpha value is -2.14. The molecule has 0 atom stereocenters. The van der Waals surface area contributed by atoms with Gasteiger partial charge in [0.05, 0.1) is 10.6 Å². The van der Waals surface area contributed by atoms with E-state index in [9.17, 15) is 4.79 Å². The van der Waals surface area contributed by atoms with Crippen LogP contribution < -0.4 is 5.32 Å². The average molecular weight is 264 g/mol. The number of hydrogen-bond acceptors (Lipinski definition) is 4. The van der Waals surface area contributed by atoms with Crippen LogP contribution in [-0.2, 0) is 6.54 Å². The second kappa shape index (κ2) is 5.46. The summed E-state index contributed by atoms with van der Waals surface area (Å²) in [5.41, 5.74) is 1.03. The molecule has 0 amide bonds. The first-order valence-electron chi connectivity index (χ1n) is 5.19. The summed E-state index contributed by atoms with van der Waals surface area (Å²) < 4.78 is 0. The Kier molecular flexibility index (Phi) is 3.74. The molecule has 0 saturated heterocycles. The molecule has 0 unspecified atom stereocenters. The molecule has 0 aliphatic carbocycles. The molecule has 0 spiro atoms. The number of nitrogens with one attached hydrogen (secondary N) is 1. The van der Waals surface area contributed by atoms with E-state index in [1.54, 1.807) is 12.4 Å². The molecule has 2 N–H and O–H groups in total. The number of carbonyl (C=O) groups is 1. The number of carboxylic acids is 1. The fourth-order valence-corrected chi connectivity index (χ4v) is 1.68. The Bertz CT molecular complexity index is 561. The zero-order valence-electron chi connectivity index (χ0n) is 9.30. The van der Waals surface area contributed by atoms with Crippen LogP contribution in [-0.4, -0.2) is 21.0 Å². The summed E-state index contributed by atoms with van der Waals surface area (Å²) in [5.74, 6) is -0.720. The molecule has 92 valence electrons. The van der Waals surface area contributed by atoms with Crippen molar-refractivity contribution in [1.29, 1.82) is 0 Å². The minimum Gasteiger partial charge on any atom is -0.478 e. The predicted molar refractivity (Wildman–Crippen MR) is 67.8 cm³/mol. The van der Waals surface area contributed by atoms with Gasteiger partial charge in [-0.3, -0.25) is 4.98 Å². The van der Waals surface area contributed by atoms with Crippen molar-refractivity contribution in [1.82, 2.24) is 9.97 Å². The molecule has 0 aliphatic rings. The summed E-state index contributed by atoms with van der Waals surface area (Å²) >= 11 is 5.95. The number of rotatable bonds is 4. The first-order valence-corrected chi connectivity index (χ1v) is 5.57. The Labute approximate surface area is 108 Å². The van der Waals surface area contributed by atoms with Gasteiger partial charge < -0.3 is 10.4 Å². The van der Waals surface area contributed by atoms with Crippen molar-refractivity contribution in [2.45, 2.75) is 6.54 Å². The molecule has 2 aromatic heterocycles. The largest absolute Gasteiger partial charge is 0.478 e. The molecule has 0 saturated carbocycles. The lowest BCUT2D eigenvalue weighted by Crippen LogP contribution is -2.05. The first kappa shape index (κ1) is 12.3. The van der Waals surface area contributed by atoms with Crippen molar-refractivity contribution in [2.75, 3.05) is 5.32 Å². The molecule has 2 rings (SSSR count). The van der Waals surface area contributed by atoms with Crippen LogP contribution in [0.2, 0.25) is 5.02 Å². The van der Waals surface area contributed by atoms with Gasteiger partial charge in [-0.15, -0.1) is 0 Å². The van der Waals surface area contributed by atoms with Crippen molar-refractivity contribution in [3.05, 3.63) is 52.9 Å². The van der Waals surface area contributed by atoms with Crippen LogP contribution in [0.4, 0.5) is 5.82 Å². The van der Waals surface area contributed by atoms with Crippen LogP contribution in [0, 0.1) is 0 Å². The molecule has 0 radical (unpaired) electrons. The maximum Gasteiger partial charge on any atom is 0.337 e. The number of aromatic nitrogens is 2. The van der Waals surface area contributed by atoms with Gasteiger partial charge in [0.25, 0.3) is 0 Å². The number of nitrogens with zero attached hydrogens (tertiary/aromatic N) is 2. The van der Waals surface area contributed by atoms with Gasteiger partial charge in [-0.25, -0.2) is 9.78 Å². The van der Waals surface area contributed by atoms with E-state index in [1.165, 1.54) is 12.3 Å². The lowest BCUT2D eigenvalue weighted by molar-refractivity contribution is 0.0697. The number of anilines is 1. The summed E-state index contributed by atoms with van der Waals surface area (Å²) in [6, 6.07) is 5.06. The number of pyridine rings is 2. The van der Waals surface area contributed by atoms with Crippen LogP contribution in [0.25, 0.3) is 0 Å². The quantitative estimate of drug-likeness (QED) is 0.886. The molecule has 18 heavy (non-hydrogen) atoms. The number of aromatic carboxylic acids is 1. The second-order valence-corrected chi connectivity index (χ2v) is 3.91. The van der Waals surface area contributed by atoms with Crippen LogP contribution in [0.1, 0.15) is 15.9 Å². The third kappa shape index (κ3) is 2.75. The average Bonchev–Trinajstić information content (AvgIpc) is 2.38. The Balaban J connectivity index is 2.15. The highest BCUT2D eigenvalue weighted by Gasteiger charge is 2.12. The highest BCUT2D eigenvalue weighted by Crippen LogP contribution is 2.23. The smallest absolute Gasteiger partial charge is 0.337 e. The molecule has 0 bridgehead atoms. The SMILES string of the molecule is O=C(O)c1ccnc(NCc2ccncc2)c1Cl. The Morgan fingerprint density at radius 1 is 1.28 bits per heavy atom. The molecule has 0 aromatic carbocycles. The molecule has 5 nitrogen and oxygen atoms in total. The van der Waals surface area contributed by atoms with E-state index in [0.29, 0.717) is 12.4 Å². The van der Waals surface area contributed by atoms with Crippen molar-refractivity contribution in [3.8, 4) is 0 Å². The van der Waals surface area contributed by atoms with Crippen molar-refractivity contribution < 1.29 is 9.90 Å². The fraction of sp³-hybridized carbons (Fsp3) is 0.0833. The molecule has 2 aromatic rings. The van der Waals surface area contributed by atoms with Gasteiger partial charge in [0.2, 0.25) is 0 Å². The maximum atomic E-state index is 10.9.